The summed E-state index contributed by atoms with van der Waals surface area (Å²) < 4.78 is 0. The second-order valence-corrected chi connectivity index (χ2v) is 5.10. The zero-order chi connectivity index (χ0) is 11.4. The quantitative estimate of drug-likeness (QED) is 0.497. The van der Waals surface area contributed by atoms with Crippen LogP contribution in [0, 0.1) is 22.7 Å². The van der Waals surface area contributed by atoms with E-state index >= 15 is 0 Å². The minimum absolute atomic E-state index is 0.0809. The van der Waals surface area contributed by atoms with Gasteiger partial charge in [-0.15, -0.1) is 0 Å². The van der Waals surface area contributed by atoms with Crippen molar-refractivity contribution < 1.29 is 4.79 Å². The average Bonchev–Trinajstić information content (AvgIpc) is 2.11. The standard InChI is InChI=1S/C13H22O/c1-7-13(6,8-2)11(14)9-10-12(3,4)5/h7-8H2,1-6H3. The molecule has 1 nitrogen and oxygen atoms in total. The summed E-state index contributed by atoms with van der Waals surface area (Å²) in [5, 5.41) is 0. The molecular formula is C13H22O. The zero-order valence-corrected chi connectivity index (χ0v) is 10.3. The summed E-state index contributed by atoms with van der Waals surface area (Å²) in [7, 11) is 0. The first-order valence-electron chi connectivity index (χ1n) is 5.33. The van der Waals surface area contributed by atoms with E-state index in [1.807, 2.05) is 41.5 Å². The van der Waals surface area contributed by atoms with Gasteiger partial charge in [0.2, 0.25) is 5.78 Å². The van der Waals surface area contributed by atoms with Crippen LogP contribution in [0.25, 0.3) is 0 Å². The van der Waals surface area contributed by atoms with Gasteiger partial charge in [0.25, 0.3) is 0 Å². The maximum Gasteiger partial charge on any atom is 0.211 e. The molecule has 0 amide bonds. The summed E-state index contributed by atoms with van der Waals surface area (Å²) >= 11 is 0. The fourth-order valence-corrected chi connectivity index (χ4v) is 0.966. The van der Waals surface area contributed by atoms with Gasteiger partial charge in [0, 0.05) is 10.8 Å². The predicted octanol–water partition coefficient (Wildman–Crippen LogP) is 3.43. The van der Waals surface area contributed by atoms with E-state index < -0.39 is 0 Å². The number of hydrogen-bond acceptors (Lipinski definition) is 1. The van der Waals surface area contributed by atoms with Crippen molar-refractivity contribution in [2.45, 2.75) is 54.4 Å². The zero-order valence-electron chi connectivity index (χ0n) is 10.3. The first-order chi connectivity index (χ1) is 6.25. The van der Waals surface area contributed by atoms with Crippen molar-refractivity contribution in [3.05, 3.63) is 0 Å². The van der Waals surface area contributed by atoms with Crippen molar-refractivity contribution in [3.8, 4) is 11.8 Å². The van der Waals surface area contributed by atoms with Gasteiger partial charge < -0.3 is 0 Å². The Balaban J connectivity index is 4.70. The van der Waals surface area contributed by atoms with Crippen LogP contribution in [0.15, 0.2) is 0 Å². The molecule has 0 atom stereocenters. The second-order valence-electron chi connectivity index (χ2n) is 5.10. The molecule has 1 heteroatoms. The van der Waals surface area contributed by atoms with Crippen molar-refractivity contribution in [2.75, 3.05) is 0 Å². The SMILES string of the molecule is CCC(C)(CC)C(=O)C#CC(C)(C)C. The highest BCUT2D eigenvalue weighted by Crippen LogP contribution is 2.26. The van der Waals surface area contributed by atoms with Gasteiger partial charge in [0.1, 0.15) is 0 Å². The maximum absolute atomic E-state index is 11.8. The lowest BCUT2D eigenvalue weighted by atomic mass is 9.80. The largest absolute Gasteiger partial charge is 0.284 e. The Kier molecular flexibility index (Phi) is 4.39. The number of hydrogen-bond donors (Lipinski definition) is 0. The Bertz CT molecular complexity index is 253. The van der Waals surface area contributed by atoms with Crippen molar-refractivity contribution in [1.29, 1.82) is 0 Å². The van der Waals surface area contributed by atoms with E-state index in [0.29, 0.717) is 0 Å². The van der Waals surface area contributed by atoms with Crippen molar-refractivity contribution in [2.24, 2.45) is 10.8 Å². The van der Waals surface area contributed by atoms with Crippen LogP contribution in [0.3, 0.4) is 0 Å². The molecule has 80 valence electrons. The summed E-state index contributed by atoms with van der Waals surface area (Å²) in [6, 6.07) is 0. The highest BCUT2D eigenvalue weighted by atomic mass is 16.1. The Morgan fingerprint density at radius 2 is 1.50 bits per heavy atom. The third-order valence-corrected chi connectivity index (χ3v) is 2.66. The van der Waals surface area contributed by atoms with E-state index in [0.717, 1.165) is 12.8 Å². The van der Waals surface area contributed by atoms with E-state index in [9.17, 15) is 4.79 Å². The predicted molar refractivity (Wildman–Crippen MR) is 60.9 cm³/mol. The number of ketones is 1. The molecule has 0 spiro atoms. The van der Waals surface area contributed by atoms with Gasteiger partial charge in [-0.25, -0.2) is 0 Å². The lowest BCUT2D eigenvalue weighted by molar-refractivity contribution is -0.122. The number of rotatable bonds is 3. The van der Waals surface area contributed by atoms with Crippen molar-refractivity contribution >= 4 is 5.78 Å². The van der Waals surface area contributed by atoms with Crippen molar-refractivity contribution in [1.82, 2.24) is 0 Å². The highest BCUT2D eigenvalue weighted by molar-refractivity contribution is 5.99. The molecule has 0 aromatic rings. The van der Waals surface area contributed by atoms with Crippen LogP contribution in [-0.4, -0.2) is 5.78 Å². The molecular weight excluding hydrogens is 172 g/mol. The highest BCUT2D eigenvalue weighted by Gasteiger charge is 2.27. The topological polar surface area (TPSA) is 17.1 Å². The molecule has 0 bridgehead atoms. The molecule has 0 aliphatic heterocycles. The molecule has 0 fully saturated rings. The Labute approximate surface area is 88.3 Å². The summed E-state index contributed by atoms with van der Waals surface area (Å²) in [4.78, 5) is 11.8. The van der Waals surface area contributed by atoms with E-state index in [4.69, 9.17) is 0 Å². The second kappa shape index (κ2) is 4.64. The molecule has 0 aliphatic rings. The molecule has 0 heterocycles. The first-order valence-corrected chi connectivity index (χ1v) is 5.33. The maximum atomic E-state index is 11.8. The average molecular weight is 194 g/mol. The van der Waals surface area contributed by atoms with E-state index in [2.05, 4.69) is 11.8 Å². The van der Waals surface area contributed by atoms with E-state index in [1.54, 1.807) is 0 Å². The Morgan fingerprint density at radius 1 is 1.07 bits per heavy atom. The molecule has 0 saturated carbocycles. The van der Waals surface area contributed by atoms with Gasteiger partial charge in [-0.05, 0) is 39.5 Å². The number of carbonyl (C=O) groups excluding carboxylic acids is 1. The number of carbonyl (C=O) groups is 1. The minimum Gasteiger partial charge on any atom is -0.284 e. The van der Waals surface area contributed by atoms with E-state index in [-0.39, 0.29) is 16.6 Å². The molecule has 0 saturated heterocycles. The normalized spacial score (nSPS) is 11.9. The first kappa shape index (κ1) is 13.2. The molecule has 14 heavy (non-hydrogen) atoms. The molecule has 0 N–H and O–H groups in total. The molecule has 0 unspecified atom stereocenters. The van der Waals surface area contributed by atoms with Crippen LogP contribution in [0.2, 0.25) is 0 Å². The van der Waals surface area contributed by atoms with Crippen LogP contribution in [0.4, 0.5) is 0 Å². The fourth-order valence-electron chi connectivity index (χ4n) is 0.966. The lowest BCUT2D eigenvalue weighted by Gasteiger charge is -2.21. The van der Waals surface area contributed by atoms with Gasteiger partial charge in [-0.2, -0.15) is 0 Å². The molecule has 0 aromatic heterocycles. The lowest BCUT2D eigenvalue weighted by Crippen LogP contribution is -2.25. The van der Waals surface area contributed by atoms with Gasteiger partial charge in [-0.1, -0.05) is 26.7 Å². The smallest absolute Gasteiger partial charge is 0.211 e. The molecule has 0 rings (SSSR count). The van der Waals surface area contributed by atoms with E-state index in [1.165, 1.54) is 0 Å². The van der Waals surface area contributed by atoms with Crippen molar-refractivity contribution in [3.63, 3.8) is 0 Å². The number of Topliss-reactive ketones (excluding diaryl/α,β-unsaturated/α-hetero) is 1. The van der Waals surface area contributed by atoms with Crippen LogP contribution < -0.4 is 0 Å². The minimum atomic E-state index is -0.252. The molecule has 0 aliphatic carbocycles. The summed E-state index contributed by atoms with van der Waals surface area (Å²) in [5.74, 6) is 5.85. The fraction of sp³-hybridized carbons (Fsp3) is 0.769. The third kappa shape index (κ3) is 3.96. The van der Waals surface area contributed by atoms with Crippen LogP contribution in [0.1, 0.15) is 54.4 Å². The van der Waals surface area contributed by atoms with Gasteiger partial charge >= 0.3 is 0 Å². The summed E-state index contributed by atoms with van der Waals surface area (Å²) in [5.41, 5.74) is -0.337. The van der Waals surface area contributed by atoms with Gasteiger partial charge in [-0.3, -0.25) is 4.79 Å². The van der Waals surface area contributed by atoms with Gasteiger partial charge in [0.05, 0.1) is 0 Å². The van der Waals surface area contributed by atoms with Crippen LogP contribution >= 0.6 is 0 Å². The van der Waals surface area contributed by atoms with Gasteiger partial charge in [0.15, 0.2) is 0 Å². The Hall–Kier alpha value is -0.770. The molecule has 0 radical (unpaired) electrons. The summed E-state index contributed by atoms with van der Waals surface area (Å²) in [6.07, 6.45) is 1.72. The monoisotopic (exact) mass is 194 g/mol. The molecule has 0 aromatic carbocycles. The summed E-state index contributed by atoms with van der Waals surface area (Å²) in [6.45, 7) is 12.1. The van der Waals surface area contributed by atoms with Crippen LogP contribution in [-0.2, 0) is 4.79 Å². The third-order valence-electron chi connectivity index (χ3n) is 2.66. The Morgan fingerprint density at radius 3 is 1.79 bits per heavy atom. The van der Waals surface area contributed by atoms with Crippen LogP contribution in [0.5, 0.6) is 0 Å².